The Morgan fingerprint density at radius 2 is 2.44 bits per heavy atom. The van der Waals surface area contributed by atoms with Crippen LogP contribution in [0, 0.1) is 0 Å². The number of aliphatic imine (C=N–C) groups is 2. The Kier molecular flexibility index (Phi) is 2.00. The molecule has 0 aliphatic carbocycles. The van der Waals surface area contributed by atoms with Crippen LogP contribution in [-0.4, -0.2) is 6.01 Å². The molecule has 1 rings (SSSR count). The van der Waals surface area contributed by atoms with Crippen molar-refractivity contribution in [3.05, 3.63) is 24.0 Å². The van der Waals surface area contributed by atoms with Crippen molar-refractivity contribution in [2.45, 2.75) is 13.3 Å². The minimum atomic E-state index is 0.997. The van der Waals surface area contributed by atoms with E-state index in [4.69, 9.17) is 0 Å². The van der Waals surface area contributed by atoms with Crippen molar-refractivity contribution in [3.63, 3.8) is 0 Å². The van der Waals surface area contributed by atoms with Crippen molar-refractivity contribution in [1.29, 1.82) is 0 Å². The summed E-state index contributed by atoms with van der Waals surface area (Å²) >= 11 is 0. The first kappa shape index (κ1) is 5.99. The molecule has 0 aromatic rings. The Bertz CT molecular complexity index is 205. The molecular formula is C7H8N2. The molecule has 0 saturated heterocycles. The van der Waals surface area contributed by atoms with Gasteiger partial charge in [0.2, 0.25) is 0 Å². The molecule has 0 amide bonds. The van der Waals surface area contributed by atoms with Crippen molar-refractivity contribution >= 4 is 6.01 Å². The molecule has 0 bridgehead atoms. The minimum absolute atomic E-state index is 0.997. The van der Waals surface area contributed by atoms with Gasteiger partial charge >= 0.3 is 0 Å². The second-order valence-electron chi connectivity index (χ2n) is 1.73. The average molecular weight is 120 g/mol. The van der Waals surface area contributed by atoms with Crippen LogP contribution in [-0.2, 0) is 0 Å². The fourth-order valence-corrected chi connectivity index (χ4v) is 0.564. The third-order valence-corrected chi connectivity index (χ3v) is 1.12. The molecule has 1 aliphatic rings. The number of hydrogen-bond donors (Lipinski definition) is 0. The Morgan fingerprint density at radius 1 is 1.56 bits per heavy atom. The van der Waals surface area contributed by atoms with Gasteiger partial charge in [0.25, 0.3) is 0 Å². The van der Waals surface area contributed by atoms with Gasteiger partial charge in [-0.15, -0.1) is 0 Å². The lowest BCUT2D eigenvalue weighted by Gasteiger charge is -1.87. The largest absolute Gasteiger partial charge is 0.196 e. The number of allylic oxidation sites excluding steroid dienone is 2. The van der Waals surface area contributed by atoms with E-state index in [9.17, 15) is 0 Å². The van der Waals surface area contributed by atoms with Gasteiger partial charge in [-0.25, -0.2) is 0 Å². The minimum Gasteiger partial charge on any atom is -0.196 e. The van der Waals surface area contributed by atoms with Crippen LogP contribution < -0.4 is 0 Å². The molecule has 2 heteroatoms. The predicted molar refractivity (Wildman–Crippen MR) is 37.4 cm³/mol. The third kappa shape index (κ3) is 1.67. The number of rotatable bonds is 1. The molecule has 1 aliphatic heterocycles. The van der Waals surface area contributed by atoms with Crippen LogP contribution in [0.2, 0.25) is 0 Å². The maximum absolute atomic E-state index is 3.78. The highest BCUT2D eigenvalue weighted by molar-refractivity contribution is 5.46. The Labute approximate surface area is 54.3 Å². The molecule has 0 N–H and O–H groups in total. The second-order valence-corrected chi connectivity index (χ2v) is 1.73. The topological polar surface area (TPSA) is 24.7 Å². The van der Waals surface area contributed by atoms with Gasteiger partial charge in [0.15, 0.2) is 0 Å². The van der Waals surface area contributed by atoms with Crippen LogP contribution in [0.25, 0.3) is 0 Å². The van der Waals surface area contributed by atoms with E-state index in [0.717, 1.165) is 6.42 Å². The average Bonchev–Trinajstić information content (AvgIpc) is 2.13. The van der Waals surface area contributed by atoms with Crippen molar-refractivity contribution < 1.29 is 0 Å². The molecule has 0 saturated carbocycles. The van der Waals surface area contributed by atoms with Gasteiger partial charge in [-0.1, -0.05) is 6.92 Å². The van der Waals surface area contributed by atoms with Gasteiger partial charge in [-0.3, -0.25) is 0 Å². The van der Waals surface area contributed by atoms with E-state index in [1.807, 2.05) is 6.08 Å². The van der Waals surface area contributed by atoms with Gasteiger partial charge in [-0.05, 0) is 18.1 Å². The molecule has 9 heavy (non-hydrogen) atoms. The summed E-state index contributed by atoms with van der Waals surface area (Å²) < 4.78 is 0. The lowest BCUT2D eigenvalue weighted by Crippen LogP contribution is -1.69. The van der Waals surface area contributed by atoms with Gasteiger partial charge < -0.3 is 0 Å². The summed E-state index contributed by atoms with van der Waals surface area (Å²) in [6.45, 7) is 2.08. The lowest BCUT2D eigenvalue weighted by molar-refractivity contribution is 1.14. The Balaban J connectivity index is 2.78. The highest BCUT2D eigenvalue weighted by Crippen LogP contribution is 2.03. The normalized spacial score (nSPS) is 15.4. The highest BCUT2D eigenvalue weighted by atomic mass is 14.8. The maximum Gasteiger partial charge on any atom is 0.0993 e. The summed E-state index contributed by atoms with van der Waals surface area (Å²) in [7, 11) is 0. The summed E-state index contributed by atoms with van der Waals surface area (Å²) in [5.41, 5.74) is 1.18. The molecule has 0 spiro atoms. The van der Waals surface area contributed by atoms with Crippen molar-refractivity contribution in [2.75, 3.05) is 0 Å². The first-order chi connectivity index (χ1) is 4.43. The number of hydrogen-bond acceptors (Lipinski definition) is 2. The third-order valence-electron chi connectivity index (χ3n) is 1.12. The molecule has 0 aromatic heterocycles. The van der Waals surface area contributed by atoms with Gasteiger partial charge in [0, 0.05) is 12.4 Å². The van der Waals surface area contributed by atoms with Crippen LogP contribution >= 0.6 is 0 Å². The molecule has 46 valence electrons. The molecule has 1 heterocycles. The van der Waals surface area contributed by atoms with Crippen molar-refractivity contribution in [2.24, 2.45) is 9.98 Å². The zero-order chi connectivity index (χ0) is 6.53. The van der Waals surface area contributed by atoms with Gasteiger partial charge in [0.1, 0.15) is 0 Å². The predicted octanol–water partition coefficient (Wildman–Crippen LogP) is 1.98. The SMILES string of the molecule is CCC1=CN=C=NC=C1. The molecule has 0 unspecified atom stereocenters. The molecule has 0 aromatic carbocycles. The zero-order valence-corrected chi connectivity index (χ0v) is 5.33. The second kappa shape index (κ2) is 3.00. The van der Waals surface area contributed by atoms with E-state index in [2.05, 4.69) is 22.9 Å². The van der Waals surface area contributed by atoms with Crippen LogP contribution in [0.3, 0.4) is 0 Å². The molecule has 0 atom stereocenters. The van der Waals surface area contributed by atoms with E-state index >= 15 is 0 Å². The molecule has 0 radical (unpaired) electrons. The fourth-order valence-electron chi connectivity index (χ4n) is 0.564. The molecule has 2 nitrogen and oxygen atoms in total. The molecular weight excluding hydrogens is 112 g/mol. The summed E-state index contributed by atoms with van der Waals surface area (Å²) in [6.07, 6.45) is 6.40. The maximum atomic E-state index is 3.78. The Morgan fingerprint density at radius 3 is 3.22 bits per heavy atom. The van der Waals surface area contributed by atoms with Crippen molar-refractivity contribution in [1.82, 2.24) is 0 Å². The van der Waals surface area contributed by atoms with Gasteiger partial charge in [0.05, 0.1) is 6.01 Å². The van der Waals surface area contributed by atoms with Gasteiger partial charge in [-0.2, -0.15) is 9.98 Å². The highest BCUT2D eigenvalue weighted by Gasteiger charge is 1.85. The summed E-state index contributed by atoms with van der Waals surface area (Å²) in [5, 5.41) is 0. The van der Waals surface area contributed by atoms with E-state index in [0.29, 0.717) is 0 Å². The van der Waals surface area contributed by atoms with Crippen LogP contribution in [0.1, 0.15) is 13.3 Å². The standard InChI is InChI=1S/C7H8N2/c1-2-7-3-4-8-6-9-5-7/h3-5H,2H2,1H3. The van der Waals surface area contributed by atoms with E-state index in [-0.39, 0.29) is 0 Å². The van der Waals surface area contributed by atoms with Crippen LogP contribution in [0.15, 0.2) is 34.0 Å². The fraction of sp³-hybridized carbons (Fsp3) is 0.286. The summed E-state index contributed by atoms with van der Waals surface area (Å²) in [6, 6.07) is 2.50. The smallest absolute Gasteiger partial charge is 0.0993 e. The number of nitrogens with zero attached hydrogens (tertiary/aromatic N) is 2. The van der Waals surface area contributed by atoms with Crippen molar-refractivity contribution in [3.8, 4) is 0 Å². The summed E-state index contributed by atoms with van der Waals surface area (Å²) in [4.78, 5) is 7.50. The quantitative estimate of drug-likeness (QED) is 0.505. The zero-order valence-electron chi connectivity index (χ0n) is 5.33. The van der Waals surface area contributed by atoms with Crippen LogP contribution in [0.5, 0.6) is 0 Å². The van der Waals surface area contributed by atoms with E-state index < -0.39 is 0 Å². The van der Waals surface area contributed by atoms with E-state index in [1.165, 1.54) is 5.57 Å². The van der Waals surface area contributed by atoms with E-state index in [1.54, 1.807) is 12.4 Å². The summed E-state index contributed by atoms with van der Waals surface area (Å²) in [5.74, 6) is 0. The van der Waals surface area contributed by atoms with Crippen LogP contribution in [0.4, 0.5) is 0 Å². The first-order valence-electron chi connectivity index (χ1n) is 2.93. The molecule has 0 fully saturated rings. The Hall–Kier alpha value is -1.14. The monoisotopic (exact) mass is 120 g/mol. The lowest BCUT2D eigenvalue weighted by atomic mass is 10.2. The first-order valence-corrected chi connectivity index (χ1v) is 2.93.